The Morgan fingerprint density at radius 1 is 0.846 bits per heavy atom. The van der Waals surface area contributed by atoms with Crippen LogP contribution in [-0.4, -0.2) is 5.91 Å². The molecule has 0 radical (unpaired) electrons. The van der Waals surface area contributed by atoms with Crippen LogP contribution in [0.2, 0.25) is 5.02 Å². The van der Waals surface area contributed by atoms with Crippen LogP contribution < -0.4 is 5.32 Å². The molecule has 0 aromatic heterocycles. The lowest BCUT2D eigenvalue weighted by Crippen LogP contribution is -2.13. The fraction of sp³-hybridized carbons (Fsp3) is 0.174. The van der Waals surface area contributed by atoms with Crippen LogP contribution in [0, 0.1) is 0 Å². The standard InChI is InChI=1S/C23H22ClNO/c1-23(2,3)18-12-14-19(15-13-18)25-22(26)17-10-8-16(9-11-17)20-6-4-5-7-21(20)24/h4-15H,1-3H3,(H,25,26). The Bertz CT molecular complexity index is 906. The third-order valence-electron chi connectivity index (χ3n) is 4.34. The molecule has 0 saturated carbocycles. The molecule has 0 saturated heterocycles. The zero-order valence-electron chi connectivity index (χ0n) is 15.2. The molecule has 0 aliphatic rings. The highest BCUT2D eigenvalue weighted by Crippen LogP contribution is 2.28. The van der Waals surface area contributed by atoms with Crippen molar-refractivity contribution >= 4 is 23.2 Å². The maximum absolute atomic E-state index is 12.5. The molecule has 0 bridgehead atoms. The second-order valence-corrected chi connectivity index (χ2v) is 7.75. The van der Waals surface area contributed by atoms with E-state index in [0.717, 1.165) is 16.8 Å². The van der Waals surface area contributed by atoms with Crippen LogP contribution in [0.4, 0.5) is 5.69 Å². The molecule has 0 aliphatic carbocycles. The van der Waals surface area contributed by atoms with Crippen molar-refractivity contribution in [2.75, 3.05) is 5.32 Å². The van der Waals surface area contributed by atoms with Gasteiger partial charge in [0, 0.05) is 21.8 Å². The normalized spacial score (nSPS) is 11.2. The summed E-state index contributed by atoms with van der Waals surface area (Å²) in [7, 11) is 0. The first kappa shape index (κ1) is 18.2. The van der Waals surface area contributed by atoms with E-state index < -0.39 is 0 Å². The Hall–Kier alpha value is -2.58. The first-order chi connectivity index (χ1) is 12.3. The van der Waals surface area contributed by atoms with Crippen molar-refractivity contribution in [3.8, 4) is 11.1 Å². The van der Waals surface area contributed by atoms with Gasteiger partial charge in [0.25, 0.3) is 5.91 Å². The van der Waals surface area contributed by atoms with Crippen molar-refractivity contribution in [1.29, 1.82) is 0 Å². The van der Waals surface area contributed by atoms with Crippen molar-refractivity contribution < 1.29 is 4.79 Å². The van der Waals surface area contributed by atoms with E-state index in [4.69, 9.17) is 11.6 Å². The van der Waals surface area contributed by atoms with Crippen molar-refractivity contribution in [3.63, 3.8) is 0 Å². The Kier molecular flexibility index (Phi) is 5.15. The van der Waals surface area contributed by atoms with Gasteiger partial charge in [-0.05, 0) is 46.9 Å². The lowest BCUT2D eigenvalue weighted by atomic mass is 9.87. The zero-order chi connectivity index (χ0) is 18.7. The number of halogens is 1. The summed E-state index contributed by atoms with van der Waals surface area (Å²) in [4.78, 5) is 12.5. The Morgan fingerprint density at radius 3 is 2.04 bits per heavy atom. The van der Waals surface area contributed by atoms with E-state index in [-0.39, 0.29) is 11.3 Å². The van der Waals surface area contributed by atoms with Gasteiger partial charge in [0.2, 0.25) is 0 Å². The predicted octanol–water partition coefficient (Wildman–Crippen LogP) is 6.56. The minimum Gasteiger partial charge on any atom is -0.322 e. The summed E-state index contributed by atoms with van der Waals surface area (Å²) >= 11 is 6.23. The average Bonchev–Trinajstić information content (AvgIpc) is 2.62. The highest BCUT2D eigenvalue weighted by molar-refractivity contribution is 6.33. The van der Waals surface area contributed by atoms with Crippen LogP contribution >= 0.6 is 11.6 Å². The van der Waals surface area contributed by atoms with Crippen LogP contribution in [0.15, 0.2) is 72.8 Å². The summed E-state index contributed by atoms with van der Waals surface area (Å²) in [5.74, 6) is -0.126. The van der Waals surface area contributed by atoms with Gasteiger partial charge in [0.05, 0.1) is 0 Å². The van der Waals surface area contributed by atoms with Crippen LogP contribution in [0.25, 0.3) is 11.1 Å². The molecule has 0 aliphatic heterocycles. The Labute approximate surface area is 159 Å². The van der Waals surface area contributed by atoms with Crippen LogP contribution in [0.5, 0.6) is 0 Å². The maximum atomic E-state index is 12.5. The first-order valence-corrected chi connectivity index (χ1v) is 8.99. The molecule has 1 N–H and O–H groups in total. The number of rotatable bonds is 3. The first-order valence-electron chi connectivity index (χ1n) is 8.61. The van der Waals surface area contributed by atoms with E-state index in [1.807, 2.05) is 60.7 Å². The van der Waals surface area contributed by atoms with Crippen LogP contribution in [0.3, 0.4) is 0 Å². The number of amides is 1. The van der Waals surface area contributed by atoms with Gasteiger partial charge in [0.1, 0.15) is 0 Å². The molecular weight excluding hydrogens is 342 g/mol. The Morgan fingerprint density at radius 2 is 1.46 bits per heavy atom. The molecule has 132 valence electrons. The molecule has 0 atom stereocenters. The highest BCUT2D eigenvalue weighted by Gasteiger charge is 2.13. The molecule has 3 heteroatoms. The molecule has 1 amide bonds. The molecule has 0 unspecified atom stereocenters. The smallest absolute Gasteiger partial charge is 0.255 e. The minimum absolute atomic E-state index is 0.0943. The fourth-order valence-corrected chi connectivity index (χ4v) is 3.00. The van der Waals surface area contributed by atoms with Crippen LogP contribution in [-0.2, 0) is 5.41 Å². The third-order valence-corrected chi connectivity index (χ3v) is 4.67. The number of benzene rings is 3. The van der Waals surface area contributed by atoms with E-state index in [1.54, 1.807) is 0 Å². The van der Waals surface area contributed by atoms with Gasteiger partial charge < -0.3 is 5.32 Å². The topological polar surface area (TPSA) is 29.1 Å². The van der Waals surface area contributed by atoms with Gasteiger partial charge in [-0.1, -0.05) is 74.8 Å². The summed E-state index contributed by atoms with van der Waals surface area (Å²) < 4.78 is 0. The number of carbonyl (C=O) groups excluding carboxylic acids is 1. The highest BCUT2D eigenvalue weighted by atomic mass is 35.5. The van der Waals surface area contributed by atoms with E-state index in [1.165, 1.54) is 5.56 Å². The fourth-order valence-electron chi connectivity index (χ4n) is 2.75. The van der Waals surface area contributed by atoms with Crippen molar-refractivity contribution in [2.45, 2.75) is 26.2 Å². The lowest BCUT2D eigenvalue weighted by molar-refractivity contribution is 0.102. The van der Waals surface area contributed by atoms with Crippen molar-refractivity contribution in [3.05, 3.63) is 88.9 Å². The number of carbonyl (C=O) groups is 1. The van der Waals surface area contributed by atoms with E-state index >= 15 is 0 Å². The molecule has 0 heterocycles. The zero-order valence-corrected chi connectivity index (χ0v) is 16.0. The number of nitrogens with one attached hydrogen (secondary N) is 1. The maximum Gasteiger partial charge on any atom is 0.255 e. The van der Waals surface area contributed by atoms with Crippen LogP contribution in [0.1, 0.15) is 36.7 Å². The van der Waals surface area contributed by atoms with Crippen molar-refractivity contribution in [1.82, 2.24) is 0 Å². The predicted molar refractivity (Wildman–Crippen MR) is 110 cm³/mol. The summed E-state index contributed by atoms with van der Waals surface area (Å²) in [5.41, 5.74) is 4.68. The average molecular weight is 364 g/mol. The van der Waals surface area contributed by atoms with Gasteiger partial charge in [0.15, 0.2) is 0 Å². The second kappa shape index (κ2) is 7.35. The van der Waals surface area contributed by atoms with Gasteiger partial charge >= 0.3 is 0 Å². The summed E-state index contributed by atoms with van der Waals surface area (Å²) in [5, 5.41) is 3.64. The quantitative estimate of drug-likeness (QED) is 0.561. The molecule has 0 spiro atoms. The van der Waals surface area contributed by atoms with Gasteiger partial charge in [-0.3, -0.25) is 4.79 Å². The number of hydrogen-bond acceptors (Lipinski definition) is 1. The van der Waals surface area contributed by atoms with E-state index in [2.05, 4.69) is 38.2 Å². The van der Waals surface area contributed by atoms with Gasteiger partial charge in [-0.2, -0.15) is 0 Å². The summed E-state index contributed by atoms with van der Waals surface area (Å²) in [6, 6.07) is 23.1. The van der Waals surface area contributed by atoms with Gasteiger partial charge in [-0.15, -0.1) is 0 Å². The third kappa shape index (κ3) is 4.14. The Balaban J connectivity index is 1.73. The second-order valence-electron chi connectivity index (χ2n) is 7.34. The van der Waals surface area contributed by atoms with E-state index in [9.17, 15) is 4.79 Å². The molecule has 2 nitrogen and oxygen atoms in total. The molecule has 3 aromatic carbocycles. The molecular formula is C23H22ClNO. The van der Waals surface area contributed by atoms with Gasteiger partial charge in [-0.25, -0.2) is 0 Å². The lowest BCUT2D eigenvalue weighted by Gasteiger charge is -2.19. The minimum atomic E-state index is -0.126. The molecule has 26 heavy (non-hydrogen) atoms. The SMILES string of the molecule is CC(C)(C)c1ccc(NC(=O)c2ccc(-c3ccccc3Cl)cc2)cc1. The monoisotopic (exact) mass is 363 g/mol. The van der Waals surface area contributed by atoms with E-state index in [0.29, 0.717) is 10.6 Å². The number of anilines is 1. The summed E-state index contributed by atoms with van der Waals surface area (Å²) in [6.45, 7) is 6.50. The molecule has 3 rings (SSSR count). The molecule has 3 aromatic rings. The molecule has 0 fully saturated rings. The largest absolute Gasteiger partial charge is 0.322 e. The summed E-state index contributed by atoms with van der Waals surface area (Å²) in [6.07, 6.45) is 0. The van der Waals surface area contributed by atoms with Crippen molar-refractivity contribution in [2.24, 2.45) is 0 Å². The number of hydrogen-bond donors (Lipinski definition) is 1.